The van der Waals surface area contributed by atoms with E-state index in [0.29, 0.717) is 16.6 Å². The molecule has 2 heterocycles. The molecule has 1 aromatic carbocycles. The van der Waals surface area contributed by atoms with Crippen LogP contribution in [0.5, 0.6) is 0 Å². The molecular weight excluding hydrogens is 328 g/mol. The number of benzene rings is 1. The van der Waals surface area contributed by atoms with Gasteiger partial charge in [0.1, 0.15) is 5.39 Å². The van der Waals surface area contributed by atoms with E-state index in [-0.39, 0.29) is 23.1 Å². The first-order valence-corrected chi connectivity index (χ1v) is 7.87. The number of aromatic amines is 1. The molecule has 25 heavy (non-hydrogen) atoms. The van der Waals surface area contributed by atoms with E-state index in [4.69, 9.17) is 0 Å². The minimum Gasteiger partial charge on any atom is -0.349 e. The molecule has 0 radical (unpaired) electrons. The Labute approximate surface area is 142 Å². The van der Waals surface area contributed by atoms with E-state index in [0.717, 1.165) is 12.1 Å². The number of aromatic nitrogens is 4. The summed E-state index contributed by atoms with van der Waals surface area (Å²) in [6, 6.07) is 3.27. The van der Waals surface area contributed by atoms with Gasteiger partial charge in [0.25, 0.3) is 5.56 Å². The van der Waals surface area contributed by atoms with Gasteiger partial charge in [0.15, 0.2) is 17.3 Å². The third-order valence-corrected chi connectivity index (χ3v) is 3.87. The molecule has 1 unspecified atom stereocenters. The Bertz CT molecular complexity index is 987. The van der Waals surface area contributed by atoms with Crippen molar-refractivity contribution in [2.45, 2.75) is 39.3 Å². The maximum atomic E-state index is 13.4. The van der Waals surface area contributed by atoms with Crippen molar-refractivity contribution < 1.29 is 8.78 Å². The molecule has 2 aromatic heterocycles. The van der Waals surface area contributed by atoms with Crippen molar-refractivity contribution in [3.05, 3.63) is 51.9 Å². The summed E-state index contributed by atoms with van der Waals surface area (Å²) in [7, 11) is 0. The first kappa shape index (κ1) is 17.1. The molecule has 6 nitrogen and oxygen atoms in total. The van der Waals surface area contributed by atoms with E-state index in [9.17, 15) is 13.6 Å². The monoisotopic (exact) mass is 347 g/mol. The zero-order chi connectivity index (χ0) is 18.4. The van der Waals surface area contributed by atoms with Gasteiger partial charge in [-0.2, -0.15) is 10.1 Å². The predicted octanol–water partition coefficient (Wildman–Crippen LogP) is 3.33. The minimum absolute atomic E-state index is 0.237. The summed E-state index contributed by atoms with van der Waals surface area (Å²) in [6.45, 7) is 7.63. The maximum Gasteiger partial charge on any atom is 0.263 e. The number of hydrogen-bond acceptors (Lipinski definition) is 4. The van der Waals surface area contributed by atoms with Crippen LogP contribution >= 0.6 is 0 Å². The Morgan fingerprint density at radius 1 is 1.24 bits per heavy atom. The third kappa shape index (κ3) is 3.24. The van der Waals surface area contributed by atoms with E-state index in [1.54, 1.807) is 11.6 Å². The van der Waals surface area contributed by atoms with E-state index in [2.05, 4.69) is 20.4 Å². The van der Waals surface area contributed by atoms with Crippen molar-refractivity contribution in [1.29, 1.82) is 0 Å². The van der Waals surface area contributed by atoms with E-state index >= 15 is 0 Å². The quantitative estimate of drug-likeness (QED) is 0.762. The molecule has 0 saturated heterocycles. The molecule has 0 amide bonds. The average molecular weight is 347 g/mol. The molecule has 0 saturated carbocycles. The fourth-order valence-electron chi connectivity index (χ4n) is 2.55. The Morgan fingerprint density at radius 2 is 1.96 bits per heavy atom. The van der Waals surface area contributed by atoms with Gasteiger partial charge in [-0.3, -0.25) is 9.78 Å². The van der Waals surface area contributed by atoms with Crippen molar-refractivity contribution in [3.8, 4) is 0 Å². The van der Waals surface area contributed by atoms with Crippen molar-refractivity contribution in [1.82, 2.24) is 19.7 Å². The highest BCUT2D eigenvalue weighted by molar-refractivity contribution is 5.74. The summed E-state index contributed by atoms with van der Waals surface area (Å²) in [4.78, 5) is 19.3. The van der Waals surface area contributed by atoms with Gasteiger partial charge in [0.2, 0.25) is 5.95 Å². The first-order chi connectivity index (χ1) is 11.7. The van der Waals surface area contributed by atoms with Gasteiger partial charge in [-0.1, -0.05) is 6.07 Å². The van der Waals surface area contributed by atoms with Gasteiger partial charge >= 0.3 is 0 Å². The average Bonchev–Trinajstić information content (AvgIpc) is 2.94. The lowest BCUT2D eigenvalue weighted by Gasteiger charge is -2.20. The lowest BCUT2D eigenvalue weighted by atomic mass is 10.1. The second kappa shape index (κ2) is 5.94. The van der Waals surface area contributed by atoms with Gasteiger partial charge < -0.3 is 5.32 Å². The van der Waals surface area contributed by atoms with Crippen LogP contribution in [-0.4, -0.2) is 19.7 Å². The van der Waals surface area contributed by atoms with Gasteiger partial charge in [-0.25, -0.2) is 13.5 Å². The van der Waals surface area contributed by atoms with Crippen molar-refractivity contribution in [3.63, 3.8) is 0 Å². The van der Waals surface area contributed by atoms with Crippen LogP contribution in [0.3, 0.4) is 0 Å². The molecule has 0 spiro atoms. The fraction of sp³-hybridized carbons (Fsp3) is 0.353. The van der Waals surface area contributed by atoms with Gasteiger partial charge in [-0.05, 0) is 45.4 Å². The lowest BCUT2D eigenvalue weighted by Crippen LogP contribution is -2.24. The number of nitrogens with zero attached hydrogens (tertiary/aromatic N) is 3. The van der Waals surface area contributed by atoms with Gasteiger partial charge in [0, 0.05) is 0 Å². The molecular formula is C17H19F2N5O. The number of anilines is 1. The molecule has 1 atom stereocenters. The van der Waals surface area contributed by atoms with Gasteiger partial charge in [-0.15, -0.1) is 0 Å². The third-order valence-electron chi connectivity index (χ3n) is 3.87. The Hall–Kier alpha value is -2.77. The number of H-pyrrole nitrogens is 1. The normalized spacial score (nSPS) is 13.2. The van der Waals surface area contributed by atoms with Crippen LogP contribution in [0.25, 0.3) is 11.0 Å². The molecule has 0 aliphatic heterocycles. The van der Waals surface area contributed by atoms with Gasteiger partial charge in [0.05, 0.1) is 17.8 Å². The van der Waals surface area contributed by atoms with Crippen LogP contribution < -0.4 is 10.9 Å². The standard InChI is InChI=1S/C17H19F2N5O/c1-9(10-5-6-12(18)13(19)7-10)21-16-22-14-11(15(25)23-16)8-20-24(14)17(2,3)4/h5-9H,1-4H3,(H2,21,22,23,25). The minimum atomic E-state index is -0.922. The second-order valence-corrected chi connectivity index (χ2v) is 6.92. The topological polar surface area (TPSA) is 75.6 Å². The summed E-state index contributed by atoms with van der Waals surface area (Å²) in [5.74, 6) is -1.59. The highest BCUT2D eigenvalue weighted by Crippen LogP contribution is 2.21. The summed E-state index contributed by atoms with van der Waals surface area (Å²) in [6.07, 6.45) is 1.48. The molecule has 0 aliphatic rings. The molecule has 3 rings (SSSR count). The molecule has 0 bridgehead atoms. The van der Waals surface area contributed by atoms with Crippen LogP contribution in [0.2, 0.25) is 0 Å². The van der Waals surface area contributed by atoms with Crippen LogP contribution in [-0.2, 0) is 5.54 Å². The van der Waals surface area contributed by atoms with E-state index < -0.39 is 11.6 Å². The largest absolute Gasteiger partial charge is 0.349 e. The van der Waals surface area contributed by atoms with E-state index in [1.165, 1.54) is 12.3 Å². The van der Waals surface area contributed by atoms with Crippen molar-refractivity contribution in [2.75, 3.05) is 5.32 Å². The summed E-state index contributed by atoms with van der Waals surface area (Å²) in [5, 5.41) is 7.64. The molecule has 2 N–H and O–H groups in total. The number of halogens is 2. The SMILES string of the molecule is CC(Nc1nc2c(cnn2C(C)(C)C)c(=O)[nH]1)c1ccc(F)c(F)c1. The van der Waals surface area contributed by atoms with Crippen molar-refractivity contribution >= 4 is 17.0 Å². The highest BCUT2D eigenvalue weighted by Gasteiger charge is 2.20. The van der Waals surface area contributed by atoms with Crippen LogP contribution in [0, 0.1) is 11.6 Å². The number of rotatable bonds is 3. The molecule has 3 aromatic rings. The second-order valence-electron chi connectivity index (χ2n) is 6.92. The summed E-state index contributed by atoms with van der Waals surface area (Å²) < 4.78 is 28.1. The smallest absolute Gasteiger partial charge is 0.263 e. The molecule has 0 fully saturated rings. The van der Waals surface area contributed by atoms with Crippen LogP contribution in [0.4, 0.5) is 14.7 Å². The fourth-order valence-corrected chi connectivity index (χ4v) is 2.55. The zero-order valence-corrected chi connectivity index (χ0v) is 14.4. The maximum absolute atomic E-state index is 13.4. The van der Waals surface area contributed by atoms with Crippen molar-refractivity contribution in [2.24, 2.45) is 0 Å². The Morgan fingerprint density at radius 3 is 2.60 bits per heavy atom. The first-order valence-electron chi connectivity index (χ1n) is 7.87. The Balaban J connectivity index is 1.98. The number of nitrogens with one attached hydrogen (secondary N) is 2. The van der Waals surface area contributed by atoms with Crippen LogP contribution in [0.15, 0.2) is 29.2 Å². The van der Waals surface area contributed by atoms with Crippen LogP contribution in [0.1, 0.15) is 39.3 Å². The highest BCUT2D eigenvalue weighted by atomic mass is 19.2. The molecule has 132 valence electrons. The predicted molar refractivity (Wildman–Crippen MR) is 91.5 cm³/mol. The summed E-state index contributed by atoms with van der Waals surface area (Å²) >= 11 is 0. The zero-order valence-electron chi connectivity index (χ0n) is 14.4. The van der Waals surface area contributed by atoms with E-state index in [1.807, 2.05) is 20.8 Å². The number of hydrogen-bond donors (Lipinski definition) is 2. The lowest BCUT2D eigenvalue weighted by molar-refractivity contribution is 0.366. The summed E-state index contributed by atoms with van der Waals surface area (Å²) in [5.41, 5.74) is 0.327. The molecule has 8 heteroatoms. The molecule has 0 aliphatic carbocycles. The Kier molecular flexibility index (Phi) is 4.06. The number of fused-ring (bicyclic) bond motifs is 1.